The number of aromatic nitrogens is 1. The normalized spacial score (nSPS) is 10.9. The first-order chi connectivity index (χ1) is 10.6. The first-order valence-electron chi connectivity index (χ1n) is 6.41. The van der Waals surface area contributed by atoms with Crippen LogP contribution in [0.15, 0.2) is 47.0 Å². The van der Waals surface area contributed by atoms with Crippen molar-refractivity contribution in [2.75, 3.05) is 0 Å². The molecule has 2 aromatic carbocycles. The highest BCUT2D eigenvalue weighted by Crippen LogP contribution is 2.32. The Morgan fingerprint density at radius 3 is 2.23 bits per heavy atom. The van der Waals surface area contributed by atoms with E-state index in [9.17, 15) is 18.3 Å². The monoisotopic (exact) mass is 305 g/mol. The Morgan fingerprint density at radius 1 is 0.909 bits per heavy atom. The summed E-state index contributed by atoms with van der Waals surface area (Å²) in [7, 11) is 0. The average molecular weight is 305 g/mol. The number of benzene rings is 2. The Hall–Kier alpha value is -2.60. The fourth-order valence-electron chi connectivity index (χ4n) is 2.15. The minimum Gasteiger partial charge on any atom is -0.391 e. The fraction of sp³-hybridized carbons (Fsp3) is 0.0625. The van der Waals surface area contributed by atoms with E-state index in [1.165, 1.54) is 30.3 Å². The second-order valence-corrected chi connectivity index (χ2v) is 4.63. The van der Waals surface area contributed by atoms with Crippen molar-refractivity contribution in [2.45, 2.75) is 6.61 Å². The van der Waals surface area contributed by atoms with E-state index in [1.807, 2.05) is 0 Å². The smallest absolute Gasteiger partial charge is 0.173 e. The Balaban J connectivity index is 2.10. The lowest BCUT2D eigenvalue weighted by Gasteiger charge is -2.02. The van der Waals surface area contributed by atoms with Crippen LogP contribution in [0.3, 0.4) is 0 Å². The Kier molecular flexibility index (Phi) is 3.68. The summed E-state index contributed by atoms with van der Waals surface area (Å²) < 4.78 is 44.5. The molecule has 22 heavy (non-hydrogen) atoms. The van der Waals surface area contributed by atoms with E-state index in [1.54, 1.807) is 0 Å². The second-order valence-electron chi connectivity index (χ2n) is 4.63. The number of aliphatic hydroxyl groups excluding tert-OH is 1. The van der Waals surface area contributed by atoms with Gasteiger partial charge in [0.1, 0.15) is 11.5 Å². The van der Waals surface area contributed by atoms with Crippen molar-refractivity contribution in [3.05, 3.63) is 65.5 Å². The van der Waals surface area contributed by atoms with Crippen LogP contribution >= 0.6 is 0 Å². The molecule has 0 radical (unpaired) electrons. The number of halogens is 3. The molecule has 0 bridgehead atoms. The summed E-state index contributed by atoms with van der Waals surface area (Å²) in [6.07, 6.45) is 0. The highest BCUT2D eigenvalue weighted by Gasteiger charge is 2.19. The molecule has 0 unspecified atom stereocenters. The van der Waals surface area contributed by atoms with E-state index >= 15 is 0 Å². The van der Waals surface area contributed by atoms with Crippen LogP contribution in [0.2, 0.25) is 0 Å². The number of aliphatic hydroxyl groups is 1. The highest BCUT2D eigenvalue weighted by atomic mass is 19.2. The van der Waals surface area contributed by atoms with Gasteiger partial charge in [-0.05, 0) is 42.5 Å². The molecule has 1 aromatic heterocycles. The lowest BCUT2D eigenvalue weighted by atomic mass is 10.0. The number of hydrogen-bond donors (Lipinski definition) is 1. The quantitative estimate of drug-likeness (QED) is 0.798. The summed E-state index contributed by atoms with van der Waals surface area (Å²) in [4.78, 5) is 0. The lowest BCUT2D eigenvalue weighted by molar-refractivity contribution is 0.281. The number of rotatable bonds is 3. The first kappa shape index (κ1) is 14.3. The summed E-state index contributed by atoms with van der Waals surface area (Å²) in [5, 5.41) is 13.4. The van der Waals surface area contributed by atoms with Crippen molar-refractivity contribution in [3.8, 4) is 22.6 Å². The van der Waals surface area contributed by atoms with Crippen LogP contribution < -0.4 is 0 Å². The van der Waals surface area contributed by atoms with Crippen molar-refractivity contribution < 1.29 is 22.8 Å². The van der Waals surface area contributed by atoms with Gasteiger partial charge >= 0.3 is 0 Å². The molecule has 1 heterocycles. The minimum absolute atomic E-state index is 0.209. The SMILES string of the molecule is OCc1c(-c2ccc(F)c(F)c2)noc1-c1ccc(F)cc1. The van der Waals surface area contributed by atoms with Crippen LogP contribution in [0.4, 0.5) is 13.2 Å². The van der Waals surface area contributed by atoms with Crippen molar-refractivity contribution in [2.24, 2.45) is 0 Å². The highest BCUT2D eigenvalue weighted by molar-refractivity contribution is 5.72. The van der Waals surface area contributed by atoms with E-state index < -0.39 is 24.1 Å². The van der Waals surface area contributed by atoms with Crippen molar-refractivity contribution >= 4 is 0 Å². The van der Waals surface area contributed by atoms with Crippen molar-refractivity contribution in [1.29, 1.82) is 0 Å². The molecule has 0 atom stereocenters. The van der Waals surface area contributed by atoms with Crippen LogP contribution in [0.1, 0.15) is 5.56 Å². The standard InChI is InChI=1S/C16H10F3NO2/c17-11-4-1-9(2-5-11)16-12(8-21)15(20-22-16)10-3-6-13(18)14(19)7-10/h1-7,21H,8H2. The number of hydrogen-bond acceptors (Lipinski definition) is 3. The Labute approximate surface area is 123 Å². The Bertz CT molecular complexity index is 813. The van der Waals surface area contributed by atoms with Gasteiger partial charge in [-0.25, -0.2) is 13.2 Å². The van der Waals surface area contributed by atoms with Gasteiger partial charge in [-0.2, -0.15) is 0 Å². The summed E-state index contributed by atoms with van der Waals surface area (Å²) in [5.41, 5.74) is 1.32. The van der Waals surface area contributed by atoms with Crippen LogP contribution in [0, 0.1) is 17.5 Å². The van der Waals surface area contributed by atoms with Crippen molar-refractivity contribution in [1.82, 2.24) is 5.16 Å². The molecule has 6 heteroatoms. The van der Waals surface area contributed by atoms with Crippen LogP contribution in [0.25, 0.3) is 22.6 Å². The molecule has 1 N–H and O–H groups in total. The molecule has 112 valence electrons. The first-order valence-corrected chi connectivity index (χ1v) is 6.41. The lowest BCUT2D eigenvalue weighted by Crippen LogP contribution is -1.91. The molecular formula is C16H10F3NO2. The summed E-state index contributed by atoms with van der Waals surface area (Å²) in [6.45, 7) is -0.412. The minimum atomic E-state index is -1.02. The third kappa shape index (κ3) is 2.48. The maximum absolute atomic E-state index is 13.3. The Morgan fingerprint density at radius 2 is 1.59 bits per heavy atom. The van der Waals surface area contributed by atoms with Gasteiger partial charge < -0.3 is 9.63 Å². The van der Waals surface area contributed by atoms with Gasteiger partial charge in [0.25, 0.3) is 0 Å². The third-order valence-corrected chi connectivity index (χ3v) is 3.25. The molecule has 0 aliphatic carbocycles. The van der Waals surface area contributed by atoms with Gasteiger partial charge in [0.15, 0.2) is 17.4 Å². The van der Waals surface area contributed by atoms with Crippen LogP contribution in [0.5, 0.6) is 0 Å². The molecule has 0 aliphatic rings. The zero-order valence-electron chi connectivity index (χ0n) is 11.2. The molecular weight excluding hydrogens is 295 g/mol. The molecule has 0 saturated carbocycles. The fourth-order valence-corrected chi connectivity index (χ4v) is 2.15. The molecule has 3 nitrogen and oxygen atoms in total. The molecule has 0 spiro atoms. The van der Waals surface area contributed by atoms with Crippen LogP contribution in [-0.2, 0) is 6.61 Å². The predicted octanol–water partition coefficient (Wildman–Crippen LogP) is 3.92. The molecule has 0 amide bonds. The second kappa shape index (κ2) is 5.65. The van der Waals surface area contributed by atoms with Gasteiger partial charge in [-0.3, -0.25) is 0 Å². The maximum atomic E-state index is 13.3. The number of nitrogens with zero attached hydrogens (tertiary/aromatic N) is 1. The molecule has 0 fully saturated rings. The van der Waals surface area contributed by atoms with E-state index in [0.29, 0.717) is 11.1 Å². The van der Waals surface area contributed by atoms with Gasteiger partial charge in [-0.1, -0.05) is 5.16 Å². The van der Waals surface area contributed by atoms with E-state index in [0.717, 1.165) is 12.1 Å². The topological polar surface area (TPSA) is 46.3 Å². The van der Waals surface area contributed by atoms with Crippen molar-refractivity contribution in [3.63, 3.8) is 0 Å². The summed E-state index contributed by atoms with van der Waals surface area (Å²) in [6, 6.07) is 8.73. The largest absolute Gasteiger partial charge is 0.391 e. The third-order valence-electron chi connectivity index (χ3n) is 3.25. The van der Waals surface area contributed by atoms with Gasteiger partial charge in [0, 0.05) is 11.1 Å². The van der Waals surface area contributed by atoms with E-state index in [2.05, 4.69) is 5.16 Å². The van der Waals surface area contributed by atoms with E-state index in [4.69, 9.17) is 4.52 Å². The van der Waals surface area contributed by atoms with Crippen LogP contribution in [-0.4, -0.2) is 10.3 Å². The van der Waals surface area contributed by atoms with Gasteiger partial charge in [0.2, 0.25) is 0 Å². The molecule has 0 saturated heterocycles. The average Bonchev–Trinajstić information content (AvgIpc) is 2.94. The summed E-state index contributed by atoms with van der Waals surface area (Å²) in [5.74, 6) is -2.15. The molecule has 3 aromatic rings. The molecule has 3 rings (SSSR count). The maximum Gasteiger partial charge on any atom is 0.173 e. The van der Waals surface area contributed by atoms with Gasteiger partial charge in [0.05, 0.1) is 12.2 Å². The summed E-state index contributed by atoms with van der Waals surface area (Å²) >= 11 is 0. The zero-order valence-corrected chi connectivity index (χ0v) is 11.2. The van der Waals surface area contributed by atoms with Gasteiger partial charge in [-0.15, -0.1) is 0 Å². The predicted molar refractivity (Wildman–Crippen MR) is 73.2 cm³/mol. The zero-order chi connectivity index (χ0) is 15.7. The molecule has 0 aliphatic heterocycles. The van der Waals surface area contributed by atoms with E-state index in [-0.39, 0.29) is 17.0 Å².